The molecule has 0 aliphatic carbocycles. The van der Waals surface area contributed by atoms with Crippen molar-refractivity contribution in [2.45, 2.75) is 225 Å². The summed E-state index contributed by atoms with van der Waals surface area (Å²) in [7, 11) is -4.36. The number of ether oxygens (including phenoxy) is 2. The van der Waals surface area contributed by atoms with Gasteiger partial charge >= 0.3 is 19.8 Å². The van der Waals surface area contributed by atoms with E-state index in [0.29, 0.717) is 6.42 Å². The molecule has 2 unspecified atom stereocenters. The molecule has 0 heterocycles. The van der Waals surface area contributed by atoms with Gasteiger partial charge in [-0.25, -0.2) is 4.57 Å². The van der Waals surface area contributed by atoms with Crippen LogP contribution in [-0.2, 0) is 32.7 Å². The van der Waals surface area contributed by atoms with Crippen LogP contribution in [0.3, 0.4) is 0 Å². The van der Waals surface area contributed by atoms with Crippen LogP contribution in [0.5, 0.6) is 0 Å². The second kappa shape index (κ2) is 38.7. The Bertz CT molecular complexity index is 815. The Balaban J connectivity index is 4.00. The molecule has 0 amide bonds. The first-order valence-corrected chi connectivity index (χ1v) is 23.0. The van der Waals surface area contributed by atoms with Crippen molar-refractivity contribution in [2.24, 2.45) is 5.73 Å². The van der Waals surface area contributed by atoms with Gasteiger partial charge in [-0.2, -0.15) is 0 Å². The first-order valence-electron chi connectivity index (χ1n) is 21.5. The van der Waals surface area contributed by atoms with Gasteiger partial charge in [-0.3, -0.25) is 18.6 Å². The monoisotopic (exact) mass is 748 g/mol. The summed E-state index contributed by atoms with van der Waals surface area (Å²) in [4.78, 5) is 34.7. The van der Waals surface area contributed by atoms with E-state index in [-0.39, 0.29) is 38.6 Å². The van der Waals surface area contributed by atoms with Crippen LogP contribution in [0.25, 0.3) is 0 Å². The van der Waals surface area contributed by atoms with Crippen molar-refractivity contribution in [3.63, 3.8) is 0 Å². The summed E-state index contributed by atoms with van der Waals surface area (Å²) in [6, 6.07) is 0. The Kier molecular flexibility index (Phi) is 38.0. The zero-order valence-electron chi connectivity index (χ0n) is 33.4. The van der Waals surface area contributed by atoms with Gasteiger partial charge in [0, 0.05) is 19.4 Å². The Labute approximate surface area is 314 Å². The summed E-state index contributed by atoms with van der Waals surface area (Å²) in [6.45, 7) is 3.74. The third-order valence-electron chi connectivity index (χ3n) is 9.49. The summed E-state index contributed by atoms with van der Waals surface area (Å²) in [6.07, 6.45) is 37.2. The van der Waals surface area contributed by atoms with Crippen LogP contribution in [0.2, 0.25) is 0 Å². The van der Waals surface area contributed by atoms with Crippen LogP contribution in [-0.4, -0.2) is 49.3 Å². The van der Waals surface area contributed by atoms with E-state index in [2.05, 4.69) is 13.8 Å². The molecule has 304 valence electrons. The lowest BCUT2D eigenvalue weighted by atomic mass is 10.0. The van der Waals surface area contributed by atoms with Crippen LogP contribution in [0.4, 0.5) is 0 Å². The van der Waals surface area contributed by atoms with Gasteiger partial charge in [0.15, 0.2) is 6.10 Å². The molecule has 0 radical (unpaired) electrons. The first kappa shape index (κ1) is 50.0. The topological polar surface area (TPSA) is 134 Å². The minimum absolute atomic E-state index is 0.0578. The number of carbonyl (C=O) groups is 2. The highest BCUT2D eigenvalue weighted by atomic mass is 31.2. The van der Waals surface area contributed by atoms with E-state index in [0.717, 1.165) is 32.1 Å². The number of hydrogen-bond acceptors (Lipinski definition) is 8. The van der Waals surface area contributed by atoms with Crippen molar-refractivity contribution in [1.29, 1.82) is 0 Å². The van der Waals surface area contributed by atoms with E-state index >= 15 is 0 Å². The molecule has 9 nitrogen and oxygen atoms in total. The van der Waals surface area contributed by atoms with Crippen LogP contribution < -0.4 is 5.73 Å². The van der Waals surface area contributed by atoms with E-state index in [9.17, 15) is 19.0 Å². The summed E-state index contributed by atoms with van der Waals surface area (Å²) in [5.41, 5.74) is 5.34. The fourth-order valence-electron chi connectivity index (χ4n) is 6.28. The Morgan fingerprint density at radius 3 is 1.20 bits per heavy atom. The van der Waals surface area contributed by atoms with Crippen molar-refractivity contribution in [3.05, 3.63) is 0 Å². The first-order chi connectivity index (χ1) is 24.8. The van der Waals surface area contributed by atoms with Crippen LogP contribution in [0.15, 0.2) is 0 Å². The molecule has 2 atom stereocenters. The van der Waals surface area contributed by atoms with Crippen LogP contribution >= 0.6 is 7.82 Å². The van der Waals surface area contributed by atoms with Crippen molar-refractivity contribution < 1.29 is 37.6 Å². The molecule has 10 heteroatoms. The van der Waals surface area contributed by atoms with Crippen molar-refractivity contribution in [2.75, 3.05) is 26.4 Å². The van der Waals surface area contributed by atoms with Gasteiger partial charge in [-0.1, -0.05) is 194 Å². The third-order valence-corrected chi connectivity index (χ3v) is 10.5. The van der Waals surface area contributed by atoms with Gasteiger partial charge in [0.2, 0.25) is 0 Å². The van der Waals surface area contributed by atoms with E-state index < -0.39 is 26.5 Å². The van der Waals surface area contributed by atoms with Crippen molar-refractivity contribution in [1.82, 2.24) is 0 Å². The molecule has 0 saturated heterocycles. The van der Waals surface area contributed by atoms with E-state index in [1.165, 1.54) is 154 Å². The second-order valence-electron chi connectivity index (χ2n) is 14.6. The molecule has 0 saturated carbocycles. The fourth-order valence-corrected chi connectivity index (χ4v) is 7.05. The lowest BCUT2D eigenvalue weighted by Gasteiger charge is -2.19. The second-order valence-corrected chi connectivity index (χ2v) is 16.0. The zero-order valence-corrected chi connectivity index (χ0v) is 34.3. The molecule has 0 aromatic heterocycles. The number of phosphoric acid groups is 1. The quantitative estimate of drug-likeness (QED) is 0.0356. The Morgan fingerprint density at radius 1 is 0.510 bits per heavy atom. The predicted octanol–water partition coefficient (Wildman–Crippen LogP) is 12.1. The smallest absolute Gasteiger partial charge is 0.462 e. The zero-order chi connectivity index (χ0) is 37.5. The molecule has 0 rings (SSSR count). The van der Waals surface area contributed by atoms with Crippen molar-refractivity contribution >= 4 is 19.8 Å². The van der Waals surface area contributed by atoms with E-state index in [4.69, 9.17) is 24.3 Å². The minimum atomic E-state index is -4.36. The number of rotatable bonds is 41. The molecule has 3 N–H and O–H groups in total. The molecular formula is C41H82NO8P. The fraction of sp³-hybridized carbons (Fsp3) is 0.951. The largest absolute Gasteiger partial charge is 0.472 e. The molecule has 0 aliphatic rings. The number of phosphoric ester groups is 1. The minimum Gasteiger partial charge on any atom is -0.462 e. The molecule has 0 bridgehead atoms. The molecule has 51 heavy (non-hydrogen) atoms. The Morgan fingerprint density at radius 2 is 0.843 bits per heavy atom. The van der Waals surface area contributed by atoms with E-state index in [1.807, 2.05) is 0 Å². The normalized spacial score (nSPS) is 13.3. The number of hydrogen-bond donors (Lipinski definition) is 2. The highest BCUT2D eigenvalue weighted by Gasteiger charge is 2.26. The van der Waals surface area contributed by atoms with Gasteiger partial charge < -0.3 is 20.1 Å². The lowest BCUT2D eigenvalue weighted by Crippen LogP contribution is -2.29. The maximum absolute atomic E-state index is 12.6. The summed E-state index contributed by atoms with van der Waals surface area (Å²) >= 11 is 0. The lowest BCUT2D eigenvalue weighted by molar-refractivity contribution is -0.161. The number of nitrogens with two attached hydrogens (primary N) is 1. The third kappa shape index (κ3) is 38.5. The molecule has 0 fully saturated rings. The van der Waals surface area contributed by atoms with Gasteiger partial charge in [-0.15, -0.1) is 0 Å². The molecular weight excluding hydrogens is 665 g/mol. The molecule has 0 aromatic carbocycles. The van der Waals surface area contributed by atoms with Gasteiger partial charge in [0.05, 0.1) is 13.2 Å². The standard InChI is InChI=1S/C41H82NO8P/c1-3-5-7-9-11-13-14-15-16-17-18-19-20-21-22-23-24-26-28-30-32-34-41(44)50-39(38-49-51(45,46)48-36-35-42)37-47-40(43)33-31-29-27-25-12-10-8-6-4-2/h39H,3-38,42H2,1-2H3,(H,45,46). The van der Waals surface area contributed by atoms with Gasteiger partial charge in [0.25, 0.3) is 0 Å². The SMILES string of the molecule is CCCCCCCCCCCCCCCCCCCCCCCC(=O)OC(COC(=O)CCCCCCCCCCC)COP(=O)(O)OCCN. The van der Waals surface area contributed by atoms with Crippen LogP contribution in [0.1, 0.15) is 219 Å². The average Bonchev–Trinajstić information content (AvgIpc) is 3.11. The maximum atomic E-state index is 12.6. The van der Waals surface area contributed by atoms with E-state index in [1.54, 1.807) is 0 Å². The maximum Gasteiger partial charge on any atom is 0.472 e. The molecule has 0 aliphatic heterocycles. The number of esters is 2. The predicted molar refractivity (Wildman–Crippen MR) is 211 cm³/mol. The summed E-state index contributed by atoms with van der Waals surface area (Å²) in [5, 5.41) is 0. The summed E-state index contributed by atoms with van der Waals surface area (Å²) < 4.78 is 32.7. The van der Waals surface area contributed by atoms with Gasteiger partial charge in [-0.05, 0) is 12.8 Å². The van der Waals surface area contributed by atoms with Gasteiger partial charge in [0.1, 0.15) is 6.61 Å². The highest BCUT2D eigenvalue weighted by molar-refractivity contribution is 7.47. The van der Waals surface area contributed by atoms with Crippen molar-refractivity contribution in [3.8, 4) is 0 Å². The Hall–Kier alpha value is -0.990. The average molecular weight is 748 g/mol. The number of carbonyl (C=O) groups excluding carboxylic acids is 2. The summed E-state index contributed by atoms with van der Waals surface area (Å²) in [5.74, 6) is -0.818. The number of unbranched alkanes of at least 4 members (excludes halogenated alkanes) is 28. The van der Waals surface area contributed by atoms with Crippen LogP contribution in [0, 0.1) is 0 Å². The molecule has 0 spiro atoms. The molecule has 0 aromatic rings. The highest BCUT2D eigenvalue weighted by Crippen LogP contribution is 2.43.